The van der Waals surface area contributed by atoms with Crippen LogP contribution in [0.5, 0.6) is 0 Å². The van der Waals surface area contributed by atoms with Gasteiger partial charge in [0.1, 0.15) is 6.04 Å². The third kappa shape index (κ3) is 7.71. The minimum Gasteiger partial charge on any atom is -0.352 e. The minimum atomic E-state index is -0.601. The number of carbonyl (C=O) groups is 2. The molecule has 0 radical (unpaired) electrons. The van der Waals surface area contributed by atoms with Gasteiger partial charge in [-0.1, -0.05) is 42.0 Å². The van der Waals surface area contributed by atoms with Crippen LogP contribution in [0.4, 0.5) is 5.69 Å². The lowest BCUT2D eigenvalue weighted by molar-refractivity contribution is -0.384. The van der Waals surface area contributed by atoms with Crippen molar-refractivity contribution in [1.29, 1.82) is 0 Å². The highest BCUT2D eigenvalue weighted by atomic mass is 32.2. The molecular weight excluding hydrogens is 414 g/mol. The van der Waals surface area contributed by atoms with Crippen LogP contribution in [0.1, 0.15) is 37.5 Å². The molecule has 0 bridgehead atoms. The van der Waals surface area contributed by atoms with Gasteiger partial charge in [-0.2, -0.15) is 0 Å². The van der Waals surface area contributed by atoms with Crippen LogP contribution in [0, 0.1) is 17.0 Å². The first-order valence-electron chi connectivity index (χ1n) is 10.1. The monoisotopic (exact) mass is 443 g/mol. The van der Waals surface area contributed by atoms with Crippen LogP contribution in [-0.4, -0.2) is 39.5 Å². The lowest BCUT2D eigenvalue weighted by Crippen LogP contribution is -2.49. The fourth-order valence-electron chi connectivity index (χ4n) is 3.05. The first-order valence-corrected chi connectivity index (χ1v) is 11.3. The molecule has 2 rings (SSSR count). The molecule has 0 aliphatic heterocycles. The number of nitrogens with zero attached hydrogens (tertiary/aromatic N) is 2. The quantitative estimate of drug-likeness (QED) is 0.441. The van der Waals surface area contributed by atoms with Gasteiger partial charge < -0.3 is 10.2 Å². The fraction of sp³-hybridized carbons (Fsp3) is 0.391. The zero-order chi connectivity index (χ0) is 23.0. The maximum absolute atomic E-state index is 13.0. The summed E-state index contributed by atoms with van der Waals surface area (Å²) in [5.74, 6) is 0.452. The second-order valence-electron chi connectivity index (χ2n) is 7.77. The van der Waals surface area contributed by atoms with Gasteiger partial charge >= 0.3 is 0 Å². The van der Waals surface area contributed by atoms with Gasteiger partial charge in [-0.25, -0.2) is 0 Å². The summed E-state index contributed by atoms with van der Waals surface area (Å²) in [6.07, 6.45) is 0. The molecule has 1 atom stereocenters. The molecular formula is C23H29N3O4S. The van der Waals surface area contributed by atoms with E-state index in [0.717, 1.165) is 16.7 Å². The molecule has 0 fully saturated rings. The predicted octanol–water partition coefficient (Wildman–Crippen LogP) is 4.08. The van der Waals surface area contributed by atoms with Crippen molar-refractivity contribution >= 4 is 29.3 Å². The molecule has 0 aliphatic carbocycles. The SMILES string of the molecule is Cc1cccc(CN(C(=O)CSCc2ccc([N+](=O)[O-])cc2)[C@@H](C)C(=O)NC(C)C)c1. The highest BCUT2D eigenvalue weighted by Gasteiger charge is 2.26. The summed E-state index contributed by atoms with van der Waals surface area (Å²) in [5.41, 5.74) is 3.01. The highest BCUT2D eigenvalue weighted by Crippen LogP contribution is 2.19. The van der Waals surface area contributed by atoms with E-state index < -0.39 is 11.0 Å². The lowest BCUT2D eigenvalue weighted by atomic mass is 10.1. The van der Waals surface area contributed by atoms with Crippen molar-refractivity contribution in [3.8, 4) is 0 Å². The van der Waals surface area contributed by atoms with Crippen molar-refractivity contribution in [3.63, 3.8) is 0 Å². The van der Waals surface area contributed by atoms with Gasteiger partial charge in [-0.05, 0) is 38.8 Å². The molecule has 2 aromatic carbocycles. The van der Waals surface area contributed by atoms with Crippen LogP contribution < -0.4 is 5.32 Å². The van der Waals surface area contributed by atoms with Crippen molar-refractivity contribution in [2.45, 2.75) is 52.1 Å². The second-order valence-corrected chi connectivity index (χ2v) is 8.75. The molecule has 0 aromatic heterocycles. The van der Waals surface area contributed by atoms with Crippen LogP contribution in [-0.2, 0) is 21.9 Å². The Bertz CT molecular complexity index is 915. The summed E-state index contributed by atoms with van der Waals surface area (Å²) < 4.78 is 0. The number of non-ortho nitro benzene ring substituents is 1. The van der Waals surface area contributed by atoms with E-state index in [1.165, 1.54) is 23.9 Å². The second kappa shape index (κ2) is 11.5. The van der Waals surface area contributed by atoms with Gasteiger partial charge in [0.15, 0.2) is 0 Å². The van der Waals surface area contributed by atoms with Crippen molar-refractivity contribution in [2.75, 3.05) is 5.75 Å². The number of hydrogen-bond acceptors (Lipinski definition) is 5. The van der Waals surface area contributed by atoms with Gasteiger partial charge in [-0.15, -0.1) is 11.8 Å². The van der Waals surface area contributed by atoms with E-state index in [4.69, 9.17) is 0 Å². The van der Waals surface area contributed by atoms with Gasteiger partial charge in [0.2, 0.25) is 11.8 Å². The first kappa shape index (κ1) is 24.4. The molecule has 7 nitrogen and oxygen atoms in total. The van der Waals surface area contributed by atoms with Gasteiger partial charge in [-0.3, -0.25) is 19.7 Å². The number of amides is 2. The molecule has 2 amide bonds. The number of aryl methyl sites for hydroxylation is 1. The molecule has 0 saturated carbocycles. The number of nitro benzene ring substituents is 1. The maximum atomic E-state index is 13.0. The Morgan fingerprint density at radius 2 is 1.77 bits per heavy atom. The van der Waals surface area contributed by atoms with Crippen molar-refractivity contribution in [3.05, 3.63) is 75.3 Å². The van der Waals surface area contributed by atoms with Crippen LogP contribution in [0.25, 0.3) is 0 Å². The third-order valence-corrected chi connectivity index (χ3v) is 5.66. The normalized spacial score (nSPS) is 11.8. The van der Waals surface area contributed by atoms with E-state index in [-0.39, 0.29) is 29.3 Å². The molecule has 2 aromatic rings. The molecule has 166 valence electrons. The molecule has 0 spiro atoms. The number of nitro groups is 1. The summed E-state index contributed by atoms with van der Waals surface area (Å²) in [5, 5.41) is 13.6. The largest absolute Gasteiger partial charge is 0.352 e. The molecule has 31 heavy (non-hydrogen) atoms. The standard InChI is InChI=1S/C23H29N3O4S/c1-16(2)24-23(28)18(4)25(13-20-7-5-6-17(3)12-20)22(27)15-31-14-19-8-10-21(11-9-19)26(29)30/h5-12,16,18H,13-15H2,1-4H3,(H,24,28)/t18-/m0/s1. The highest BCUT2D eigenvalue weighted by molar-refractivity contribution is 7.99. The van der Waals surface area contributed by atoms with Gasteiger partial charge in [0, 0.05) is 30.5 Å². The van der Waals surface area contributed by atoms with Crippen molar-refractivity contribution in [2.24, 2.45) is 0 Å². The summed E-state index contributed by atoms with van der Waals surface area (Å²) in [6, 6.07) is 13.6. The number of hydrogen-bond donors (Lipinski definition) is 1. The Kier molecular flexibility index (Phi) is 9.05. The van der Waals surface area contributed by atoms with E-state index in [1.807, 2.05) is 45.0 Å². The fourth-order valence-corrected chi connectivity index (χ4v) is 3.92. The molecule has 0 heterocycles. The maximum Gasteiger partial charge on any atom is 0.269 e. The molecule has 0 aliphatic rings. The van der Waals surface area contributed by atoms with Crippen LogP contribution in [0.15, 0.2) is 48.5 Å². The third-order valence-electron chi connectivity index (χ3n) is 4.68. The van der Waals surface area contributed by atoms with E-state index in [0.29, 0.717) is 12.3 Å². The zero-order valence-electron chi connectivity index (χ0n) is 18.3. The summed E-state index contributed by atoms with van der Waals surface area (Å²) in [7, 11) is 0. The molecule has 8 heteroatoms. The van der Waals surface area contributed by atoms with Crippen molar-refractivity contribution in [1.82, 2.24) is 10.2 Å². The van der Waals surface area contributed by atoms with E-state index in [1.54, 1.807) is 24.0 Å². The minimum absolute atomic E-state index is 0.0117. The van der Waals surface area contributed by atoms with Crippen LogP contribution in [0.2, 0.25) is 0 Å². The van der Waals surface area contributed by atoms with E-state index >= 15 is 0 Å². The van der Waals surface area contributed by atoms with Crippen LogP contribution in [0.3, 0.4) is 0 Å². The number of carbonyl (C=O) groups excluding carboxylic acids is 2. The van der Waals surface area contributed by atoms with E-state index in [2.05, 4.69) is 5.32 Å². The number of benzene rings is 2. The summed E-state index contributed by atoms with van der Waals surface area (Å²) >= 11 is 1.42. The average Bonchev–Trinajstić information content (AvgIpc) is 2.71. The smallest absolute Gasteiger partial charge is 0.269 e. The zero-order valence-corrected chi connectivity index (χ0v) is 19.1. The number of thioether (sulfide) groups is 1. The van der Waals surface area contributed by atoms with E-state index in [9.17, 15) is 19.7 Å². The van der Waals surface area contributed by atoms with Gasteiger partial charge in [0.05, 0.1) is 10.7 Å². The average molecular weight is 444 g/mol. The predicted molar refractivity (Wildman–Crippen MR) is 124 cm³/mol. The lowest BCUT2D eigenvalue weighted by Gasteiger charge is -2.29. The first-order chi connectivity index (χ1) is 14.7. The summed E-state index contributed by atoms with van der Waals surface area (Å²) in [4.78, 5) is 37.5. The van der Waals surface area contributed by atoms with Gasteiger partial charge in [0.25, 0.3) is 5.69 Å². The Morgan fingerprint density at radius 3 is 2.35 bits per heavy atom. The topological polar surface area (TPSA) is 92.6 Å². The Morgan fingerprint density at radius 1 is 1.10 bits per heavy atom. The molecule has 0 saturated heterocycles. The Balaban J connectivity index is 2.05. The Labute approximate surface area is 187 Å². The molecule has 0 unspecified atom stereocenters. The van der Waals surface area contributed by atoms with Crippen molar-refractivity contribution < 1.29 is 14.5 Å². The van der Waals surface area contributed by atoms with Crippen LogP contribution >= 0.6 is 11.8 Å². The number of nitrogens with one attached hydrogen (secondary N) is 1. The number of rotatable bonds is 10. The summed E-state index contributed by atoms with van der Waals surface area (Å²) in [6.45, 7) is 7.86. The Hall–Kier alpha value is -2.87. The molecule has 1 N–H and O–H groups in total.